The summed E-state index contributed by atoms with van der Waals surface area (Å²) in [5.41, 5.74) is 2.33. The smallest absolute Gasteiger partial charge is 0.141 e. The molecule has 0 saturated carbocycles. The van der Waals surface area contributed by atoms with E-state index in [1.807, 2.05) is 17.6 Å². The second-order valence-corrected chi connectivity index (χ2v) is 4.36. The fraction of sp³-hybridized carbons (Fsp3) is 0.133. The quantitative estimate of drug-likeness (QED) is 0.761. The summed E-state index contributed by atoms with van der Waals surface area (Å²) in [5, 5.41) is 9.56. The van der Waals surface area contributed by atoms with E-state index in [1.165, 1.54) is 12.1 Å². The number of hydrogen-bond acceptors (Lipinski definition) is 2. The second kappa shape index (κ2) is 4.39. The average Bonchev–Trinajstić information content (AvgIpc) is 2.76. The fourth-order valence-corrected chi connectivity index (χ4v) is 2.28. The van der Waals surface area contributed by atoms with Crippen LogP contribution >= 0.6 is 0 Å². The summed E-state index contributed by atoms with van der Waals surface area (Å²) < 4.78 is 15.3. The highest BCUT2D eigenvalue weighted by Crippen LogP contribution is 2.27. The van der Waals surface area contributed by atoms with Crippen LogP contribution in [0.2, 0.25) is 0 Å². The molecule has 1 aromatic heterocycles. The first kappa shape index (κ1) is 11.7. The molecule has 0 saturated heterocycles. The maximum absolute atomic E-state index is 13.3. The Balaban J connectivity index is 2.29. The molecule has 0 spiro atoms. The topological polar surface area (TPSA) is 38.0 Å². The summed E-state index contributed by atoms with van der Waals surface area (Å²) >= 11 is 0. The number of hydrogen-bond donors (Lipinski definition) is 1. The van der Waals surface area contributed by atoms with Gasteiger partial charge in [-0.05, 0) is 37.3 Å². The minimum Gasteiger partial charge on any atom is -0.508 e. The number of aromatic hydroxyl groups is 1. The van der Waals surface area contributed by atoms with Crippen LogP contribution in [0.5, 0.6) is 5.75 Å². The number of rotatable bonds is 2. The molecule has 96 valence electrons. The summed E-state index contributed by atoms with van der Waals surface area (Å²) in [7, 11) is 0. The third-order valence-electron chi connectivity index (χ3n) is 3.13. The van der Waals surface area contributed by atoms with E-state index >= 15 is 0 Å². The van der Waals surface area contributed by atoms with Gasteiger partial charge in [0.1, 0.15) is 17.4 Å². The summed E-state index contributed by atoms with van der Waals surface area (Å²) in [4.78, 5) is 4.52. The molecule has 0 bridgehead atoms. The number of imidazole rings is 1. The van der Waals surface area contributed by atoms with Crippen LogP contribution < -0.4 is 0 Å². The SMILES string of the molecule is CCn1c(-c2cccc(O)c2)nc2ccc(F)cc21. The molecule has 0 amide bonds. The fourth-order valence-electron chi connectivity index (χ4n) is 2.28. The summed E-state index contributed by atoms with van der Waals surface area (Å²) in [6, 6.07) is 11.5. The van der Waals surface area contributed by atoms with E-state index in [9.17, 15) is 9.50 Å². The Kier molecular flexibility index (Phi) is 2.71. The number of aromatic nitrogens is 2. The Morgan fingerprint density at radius 1 is 1.21 bits per heavy atom. The van der Waals surface area contributed by atoms with Crippen LogP contribution in [-0.4, -0.2) is 14.7 Å². The number of benzene rings is 2. The summed E-state index contributed by atoms with van der Waals surface area (Å²) in [6.07, 6.45) is 0. The molecule has 2 aromatic carbocycles. The van der Waals surface area contributed by atoms with Gasteiger partial charge in [-0.1, -0.05) is 12.1 Å². The van der Waals surface area contributed by atoms with Gasteiger partial charge in [0.05, 0.1) is 11.0 Å². The monoisotopic (exact) mass is 256 g/mol. The first-order valence-electron chi connectivity index (χ1n) is 6.14. The number of phenolic OH excluding ortho intramolecular Hbond substituents is 1. The van der Waals surface area contributed by atoms with E-state index in [0.29, 0.717) is 6.54 Å². The Labute approximate surface area is 109 Å². The van der Waals surface area contributed by atoms with Gasteiger partial charge >= 0.3 is 0 Å². The van der Waals surface area contributed by atoms with Crippen LogP contribution in [0.15, 0.2) is 42.5 Å². The van der Waals surface area contributed by atoms with E-state index in [0.717, 1.165) is 22.4 Å². The Morgan fingerprint density at radius 2 is 2.05 bits per heavy atom. The van der Waals surface area contributed by atoms with Crippen molar-refractivity contribution in [3.05, 3.63) is 48.3 Å². The molecular weight excluding hydrogens is 243 g/mol. The molecule has 4 heteroatoms. The predicted molar refractivity (Wildman–Crippen MR) is 72.5 cm³/mol. The van der Waals surface area contributed by atoms with Crippen molar-refractivity contribution < 1.29 is 9.50 Å². The van der Waals surface area contributed by atoms with Gasteiger partial charge in [0.2, 0.25) is 0 Å². The molecule has 0 aliphatic carbocycles. The minimum atomic E-state index is -0.274. The molecule has 0 aliphatic rings. The van der Waals surface area contributed by atoms with Gasteiger partial charge in [0.15, 0.2) is 0 Å². The van der Waals surface area contributed by atoms with Crippen molar-refractivity contribution in [1.29, 1.82) is 0 Å². The first-order valence-corrected chi connectivity index (χ1v) is 6.14. The zero-order valence-electron chi connectivity index (χ0n) is 10.5. The first-order chi connectivity index (χ1) is 9.19. The van der Waals surface area contributed by atoms with E-state index < -0.39 is 0 Å². The molecule has 0 atom stereocenters. The van der Waals surface area contributed by atoms with Crippen molar-refractivity contribution in [2.45, 2.75) is 13.5 Å². The van der Waals surface area contributed by atoms with Crippen LogP contribution in [0.25, 0.3) is 22.4 Å². The van der Waals surface area contributed by atoms with Gasteiger partial charge in [0.25, 0.3) is 0 Å². The highest BCUT2D eigenvalue weighted by Gasteiger charge is 2.12. The Morgan fingerprint density at radius 3 is 2.79 bits per heavy atom. The van der Waals surface area contributed by atoms with Gasteiger partial charge in [-0.2, -0.15) is 0 Å². The van der Waals surface area contributed by atoms with Gasteiger partial charge in [0, 0.05) is 12.1 Å². The molecule has 0 fully saturated rings. The molecule has 0 aliphatic heterocycles. The van der Waals surface area contributed by atoms with Crippen molar-refractivity contribution in [3.63, 3.8) is 0 Å². The van der Waals surface area contributed by atoms with E-state index in [2.05, 4.69) is 4.98 Å². The lowest BCUT2D eigenvalue weighted by atomic mass is 10.2. The Hall–Kier alpha value is -2.36. The molecule has 0 radical (unpaired) electrons. The Bertz CT molecular complexity index is 749. The van der Waals surface area contributed by atoms with Crippen molar-refractivity contribution in [1.82, 2.24) is 9.55 Å². The summed E-state index contributed by atoms with van der Waals surface area (Å²) in [6.45, 7) is 2.67. The highest BCUT2D eigenvalue weighted by atomic mass is 19.1. The maximum atomic E-state index is 13.3. The molecular formula is C15H13FN2O. The zero-order chi connectivity index (χ0) is 13.4. The molecule has 1 N–H and O–H groups in total. The lowest BCUT2D eigenvalue weighted by Gasteiger charge is -2.06. The minimum absolute atomic E-state index is 0.193. The normalized spacial score (nSPS) is 11.1. The molecule has 19 heavy (non-hydrogen) atoms. The second-order valence-electron chi connectivity index (χ2n) is 4.36. The lowest BCUT2D eigenvalue weighted by Crippen LogP contribution is -1.97. The standard InChI is InChI=1S/C15H13FN2O/c1-2-18-14-9-11(16)6-7-13(14)17-15(18)10-4-3-5-12(19)8-10/h3-9,19H,2H2,1H3. The van der Waals surface area contributed by atoms with Crippen LogP contribution in [0, 0.1) is 5.82 Å². The van der Waals surface area contributed by atoms with E-state index in [1.54, 1.807) is 24.3 Å². The highest BCUT2D eigenvalue weighted by molar-refractivity contribution is 5.80. The number of phenols is 1. The number of fused-ring (bicyclic) bond motifs is 1. The van der Waals surface area contributed by atoms with Crippen LogP contribution in [0.3, 0.4) is 0 Å². The average molecular weight is 256 g/mol. The third-order valence-corrected chi connectivity index (χ3v) is 3.13. The third kappa shape index (κ3) is 1.95. The van der Waals surface area contributed by atoms with Gasteiger partial charge in [-0.3, -0.25) is 0 Å². The molecule has 3 nitrogen and oxygen atoms in total. The number of aryl methyl sites for hydroxylation is 1. The lowest BCUT2D eigenvalue weighted by molar-refractivity contribution is 0.475. The van der Waals surface area contributed by atoms with E-state index in [4.69, 9.17) is 0 Å². The summed E-state index contributed by atoms with van der Waals surface area (Å²) in [5.74, 6) is 0.655. The van der Waals surface area contributed by atoms with Crippen molar-refractivity contribution in [2.24, 2.45) is 0 Å². The number of halogens is 1. The van der Waals surface area contributed by atoms with Crippen molar-refractivity contribution in [3.8, 4) is 17.1 Å². The van der Waals surface area contributed by atoms with Gasteiger partial charge in [-0.15, -0.1) is 0 Å². The van der Waals surface area contributed by atoms with Crippen LogP contribution in [0.4, 0.5) is 4.39 Å². The predicted octanol–water partition coefficient (Wildman–Crippen LogP) is 3.57. The zero-order valence-corrected chi connectivity index (χ0v) is 10.5. The molecule has 1 heterocycles. The molecule has 3 aromatic rings. The molecule has 3 rings (SSSR count). The van der Waals surface area contributed by atoms with Crippen molar-refractivity contribution >= 4 is 11.0 Å². The largest absolute Gasteiger partial charge is 0.508 e. The van der Waals surface area contributed by atoms with E-state index in [-0.39, 0.29) is 11.6 Å². The van der Waals surface area contributed by atoms with Crippen LogP contribution in [-0.2, 0) is 6.54 Å². The molecule has 0 unspecified atom stereocenters. The van der Waals surface area contributed by atoms with Gasteiger partial charge in [-0.25, -0.2) is 9.37 Å². The van der Waals surface area contributed by atoms with Crippen LogP contribution in [0.1, 0.15) is 6.92 Å². The van der Waals surface area contributed by atoms with Gasteiger partial charge < -0.3 is 9.67 Å². The number of nitrogens with zero attached hydrogens (tertiary/aromatic N) is 2. The maximum Gasteiger partial charge on any atom is 0.141 e. The van der Waals surface area contributed by atoms with Crippen molar-refractivity contribution in [2.75, 3.05) is 0 Å².